The Kier molecular flexibility index (Phi) is 3.69. The van der Waals surface area contributed by atoms with E-state index in [1.165, 1.54) is 0 Å². The Morgan fingerprint density at radius 3 is 2.36 bits per heavy atom. The number of thioether (sulfide) groups is 1. The number of hydrogen-bond acceptors (Lipinski definition) is 3. The lowest BCUT2D eigenvalue weighted by Gasteiger charge is -2.38. The maximum absolute atomic E-state index is 5.42. The highest BCUT2D eigenvalue weighted by atomic mass is 32.2. The lowest BCUT2D eigenvalue weighted by atomic mass is 10.2. The molecule has 2 unspecified atom stereocenters. The van der Waals surface area contributed by atoms with Crippen LogP contribution >= 0.6 is 11.8 Å². The summed E-state index contributed by atoms with van der Waals surface area (Å²) in [5.74, 6) is 1.13. The topological polar surface area (TPSA) is 12.5 Å². The van der Waals surface area contributed by atoms with Crippen LogP contribution in [0.4, 0.5) is 0 Å². The molecule has 0 aromatic rings. The molecule has 0 aromatic heterocycles. The van der Waals surface area contributed by atoms with E-state index in [1.54, 1.807) is 0 Å². The largest absolute Gasteiger partial charge is 0.378 e. The van der Waals surface area contributed by atoms with Gasteiger partial charge in [0.25, 0.3) is 0 Å². The Balaban J connectivity index is 2.41. The van der Waals surface area contributed by atoms with E-state index in [0.29, 0.717) is 12.1 Å². The Labute approximate surface area is 73.3 Å². The molecule has 0 saturated carbocycles. The average molecular weight is 175 g/mol. The van der Waals surface area contributed by atoms with Gasteiger partial charge in [0.2, 0.25) is 0 Å². The first-order chi connectivity index (χ1) is 5.25. The molecule has 1 heterocycles. The molecule has 3 heteroatoms. The molecule has 0 amide bonds. The van der Waals surface area contributed by atoms with Crippen LogP contribution < -0.4 is 0 Å². The van der Waals surface area contributed by atoms with Crippen LogP contribution in [0.1, 0.15) is 13.8 Å². The molecular weight excluding hydrogens is 158 g/mol. The van der Waals surface area contributed by atoms with Crippen LogP contribution in [-0.4, -0.2) is 42.3 Å². The molecule has 0 spiro atoms. The molecule has 2 atom stereocenters. The molecule has 0 aromatic carbocycles. The zero-order valence-electron chi connectivity index (χ0n) is 7.54. The van der Waals surface area contributed by atoms with E-state index >= 15 is 0 Å². The maximum atomic E-state index is 5.42. The SMILES string of the molecule is CSCN1C(C)COCC1C. The van der Waals surface area contributed by atoms with Gasteiger partial charge in [-0.1, -0.05) is 0 Å². The van der Waals surface area contributed by atoms with Crippen molar-refractivity contribution in [2.24, 2.45) is 0 Å². The van der Waals surface area contributed by atoms with E-state index in [2.05, 4.69) is 25.0 Å². The number of rotatable bonds is 2. The van der Waals surface area contributed by atoms with Crippen LogP contribution in [0.3, 0.4) is 0 Å². The first-order valence-electron chi connectivity index (χ1n) is 4.08. The highest BCUT2D eigenvalue weighted by molar-refractivity contribution is 7.98. The van der Waals surface area contributed by atoms with E-state index in [9.17, 15) is 0 Å². The van der Waals surface area contributed by atoms with E-state index in [0.717, 1.165) is 19.1 Å². The maximum Gasteiger partial charge on any atom is 0.0620 e. The Bertz CT molecular complexity index is 111. The Hall–Kier alpha value is 0.270. The van der Waals surface area contributed by atoms with Gasteiger partial charge in [-0.05, 0) is 20.1 Å². The van der Waals surface area contributed by atoms with Crippen LogP contribution in [0.2, 0.25) is 0 Å². The molecule has 66 valence electrons. The van der Waals surface area contributed by atoms with Gasteiger partial charge in [0.05, 0.1) is 13.2 Å². The summed E-state index contributed by atoms with van der Waals surface area (Å²) in [5.41, 5.74) is 0. The second-order valence-corrected chi connectivity index (χ2v) is 4.00. The number of ether oxygens (including phenoxy) is 1. The third-order valence-corrected chi connectivity index (χ3v) is 2.68. The van der Waals surface area contributed by atoms with Crippen LogP contribution in [0.5, 0.6) is 0 Å². The zero-order valence-corrected chi connectivity index (χ0v) is 8.36. The first kappa shape index (κ1) is 9.36. The van der Waals surface area contributed by atoms with Gasteiger partial charge < -0.3 is 4.74 Å². The van der Waals surface area contributed by atoms with Crippen molar-refractivity contribution < 1.29 is 4.74 Å². The van der Waals surface area contributed by atoms with Crippen molar-refractivity contribution >= 4 is 11.8 Å². The molecule has 1 fully saturated rings. The van der Waals surface area contributed by atoms with E-state index < -0.39 is 0 Å². The van der Waals surface area contributed by atoms with Crippen molar-refractivity contribution in [2.75, 3.05) is 25.3 Å². The molecular formula is C8H17NOS. The van der Waals surface area contributed by atoms with Crippen LogP contribution in [-0.2, 0) is 4.74 Å². The monoisotopic (exact) mass is 175 g/mol. The molecule has 1 aliphatic heterocycles. The molecule has 0 N–H and O–H groups in total. The standard InChI is InChI=1S/C8H17NOS/c1-7-4-10-5-8(2)9(7)6-11-3/h7-8H,4-6H2,1-3H3. The minimum absolute atomic E-state index is 0.589. The number of nitrogens with zero attached hydrogens (tertiary/aromatic N) is 1. The molecule has 0 bridgehead atoms. The number of hydrogen-bond donors (Lipinski definition) is 0. The first-order valence-corrected chi connectivity index (χ1v) is 5.47. The van der Waals surface area contributed by atoms with E-state index in [-0.39, 0.29) is 0 Å². The highest BCUT2D eigenvalue weighted by Crippen LogP contribution is 2.15. The van der Waals surface area contributed by atoms with Crippen LogP contribution in [0, 0.1) is 0 Å². The molecule has 1 rings (SSSR count). The van der Waals surface area contributed by atoms with Gasteiger partial charge in [-0.15, -0.1) is 11.8 Å². The van der Waals surface area contributed by atoms with Gasteiger partial charge in [-0.25, -0.2) is 0 Å². The van der Waals surface area contributed by atoms with Crippen molar-refractivity contribution in [1.82, 2.24) is 4.90 Å². The second-order valence-electron chi connectivity index (χ2n) is 3.17. The third kappa shape index (κ3) is 2.36. The fourth-order valence-corrected chi connectivity index (χ4v) is 2.25. The van der Waals surface area contributed by atoms with Gasteiger partial charge >= 0.3 is 0 Å². The minimum Gasteiger partial charge on any atom is -0.378 e. The van der Waals surface area contributed by atoms with Gasteiger partial charge in [0.15, 0.2) is 0 Å². The summed E-state index contributed by atoms with van der Waals surface area (Å²) in [6.07, 6.45) is 2.15. The summed E-state index contributed by atoms with van der Waals surface area (Å²) in [6.45, 7) is 6.24. The molecule has 11 heavy (non-hydrogen) atoms. The van der Waals surface area contributed by atoms with Gasteiger partial charge in [0, 0.05) is 18.0 Å². The quantitative estimate of drug-likeness (QED) is 0.630. The Morgan fingerprint density at radius 1 is 1.36 bits per heavy atom. The summed E-state index contributed by atoms with van der Waals surface area (Å²) >= 11 is 1.89. The lowest BCUT2D eigenvalue weighted by Crippen LogP contribution is -2.49. The van der Waals surface area contributed by atoms with Gasteiger partial charge in [0.1, 0.15) is 0 Å². The third-order valence-electron chi connectivity index (χ3n) is 2.13. The van der Waals surface area contributed by atoms with E-state index in [4.69, 9.17) is 4.74 Å². The smallest absolute Gasteiger partial charge is 0.0620 e. The van der Waals surface area contributed by atoms with Gasteiger partial charge in [-0.2, -0.15) is 0 Å². The predicted molar refractivity (Wildman–Crippen MR) is 50.0 cm³/mol. The van der Waals surface area contributed by atoms with Crippen molar-refractivity contribution in [3.8, 4) is 0 Å². The molecule has 2 nitrogen and oxygen atoms in total. The average Bonchev–Trinajstić information content (AvgIpc) is 1.97. The summed E-state index contributed by atoms with van der Waals surface area (Å²) < 4.78 is 5.42. The van der Waals surface area contributed by atoms with E-state index in [1.807, 2.05) is 11.8 Å². The molecule has 1 saturated heterocycles. The highest BCUT2D eigenvalue weighted by Gasteiger charge is 2.24. The predicted octanol–water partition coefficient (Wildman–Crippen LogP) is 1.42. The van der Waals surface area contributed by atoms with Crippen molar-refractivity contribution in [1.29, 1.82) is 0 Å². The zero-order chi connectivity index (χ0) is 8.27. The molecule has 0 radical (unpaired) electrons. The van der Waals surface area contributed by atoms with Crippen LogP contribution in [0.15, 0.2) is 0 Å². The normalized spacial score (nSPS) is 34.1. The van der Waals surface area contributed by atoms with Gasteiger partial charge in [-0.3, -0.25) is 4.90 Å². The van der Waals surface area contributed by atoms with Crippen molar-refractivity contribution in [3.63, 3.8) is 0 Å². The van der Waals surface area contributed by atoms with Crippen molar-refractivity contribution in [2.45, 2.75) is 25.9 Å². The molecule has 0 aliphatic carbocycles. The summed E-state index contributed by atoms with van der Waals surface area (Å²) in [7, 11) is 0. The summed E-state index contributed by atoms with van der Waals surface area (Å²) in [4.78, 5) is 2.49. The fourth-order valence-electron chi connectivity index (χ4n) is 1.44. The second kappa shape index (κ2) is 4.33. The summed E-state index contributed by atoms with van der Waals surface area (Å²) in [6, 6.07) is 1.18. The van der Waals surface area contributed by atoms with Crippen molar-refractivity contribution in [3.05, 3.63) is 0 Å². The summed E-state index contributed by atoms with van der Waals surface area (Å²) in [5, 5.41) is 0. The molecule has 1 aliphatic rings. The Morgan fingerprint density at radius 2 is 1.91 bits per heavy atom. The lowest BCUT2D eigenvalue weighted by molar-refractivity contribution is -0.0261. The fraction of sp³-hybridized carbons (Fsp3) is 1.00. The minimum atomic E-state index is 0.589. The van der Waals surface area contributed by atoms with Crippen LogP contribution in [0.25, 0.3) is 0 Å². The number of morpholine rings is 1.